The fourth-order valence-corrected chi connectivity index (χ4v) is 3.91. The molecule has 4 nitrogen and oxygen atoms in total. The van der Waals surface area contributed by atoms with Crippen molar-refractivity contribution in [1.29, 1.82) is 0 Å². The van der Waals surface area contributed by atoms with Gasteiger partial charge in [0.2, 0.25) is 0 Å². The average molecular weight is 348 g/mol. The van der Waals surface area contributed by atoms with E-state index in [4.69, 9.17) is 0 Å². The normalized spacial score (nSPS) is 18.0. The molecule has 4 rings (SSSR count). The predicted octanol–water partition coefficient (Wildman–Crippen LogP) is 3.63. The molecular formula is C22H26N3O. The van der Waals surface area contributed by atoms with Gasteiger partial charge in [-0.3, -0.25) is 9.30 Å². The highest BCUT2D eigenvalue weighted by Gasteiger charge is 2.23. The number of aliphatic hydroxyl groups is 1. The lowest BCUT2D eigenvalue weighted by Gasteiger charge is -2.22. The first kappa shape index (κ1) is 17.3. The van der Waals surface area contributed by atoms with Gasteiger partial charge in [-0.2, -0.15) is 0 Å². The number of fused-ring (bicyclic) bond motifs is 1. The summed E-state index contributed by atoms with van der Waals surface area (Å²) in [5.41, 5.74) is 6.86. The Hall–Kier alpha value is -2.17. The molecule has 1 fully saturated rings. The third-order valence-electron chi connectivity index (χ3n) is 5.43. The number of likely N-dealkylation sites (tertiary alicyclic amines) is 1. The summed E-state index contributed by atoms with van der Waals surface area (Å²) >= 11 is 0. The summed E-state index contributed by atoms with van der Waals surface area (Å²) in [6, 6.07) is 11.3. The van der Waals surface area contributed by atoms with Gasteiger partial charge in [-0.1, -0.05) is 31.2 Å². The Morgan fingerprint density at radius 2 is 2.04 bits per heavy atom. The van der Waals surface area contributed by atoms with Gasteiger partial charge < -0.3 is 5.11 Å². The van der Waals surface area contributed by atoms with Crippen LogP contribution in [0.5, 0.6) is 0 Å². The zero-order valence-electron chi connectivity index (χ0n) is 15.6. The molecule has 0 aliphatic carbocycles. The summed E-state index contributed by atoms with van der Waals surface area (Å²) < 4.78 is 2.02. The van der Waals surface area contributed by atoms with Crippen molar-refractivity contribution in [2.75, 3.05) is 13.2 Å². The maximum Gasteiger partial charge on any atom is 0.140 e. The van der Waals surface area contributed by atoms with Gasteiger partial charge in [0.05, 0.1) is 18.5 Å². The lowest BCUT2D eigenvalue weighted by molar-refractivity contribution is 0.153. The van der Waals surface area contributed by atoms with Crippen LogP contribution >= 0.6 is 0 Å². The van der Waals surface area contributed by atoms with Crippen LogP contribution in [-0.4, -0.2) is 38.6 Å². The minimum absolute atomic E-state index is 0.262. The quantitative estimate of drug-likeness (QED) is 0.765. The number of benzene rings is 1. The fourth-order valence-electron chi connectivity index (χ4n) is 3.91. The van der Waals surface area contributed by atoms with Crippen LogP contribution in [0.25, 0.3) is 16.8 Å². The third kappa shape index (κ3) is 3.27. The molecule has 1 aliphatic heterocycles. The Bertz CT molecular complexity index is 898. The van der Waals surface area contributed by atoms with Crippen LogP contribution in [0, 0.1) is 13.1 Å². The Kier molecular flexibility index (Phi) is 4.79. The molecule has 0 spiro atoms. The van der Waals surface area contributed by atoms with Gasteiger partial charge in [0, 0.05) is 18.8 Å². The molecule has 135 valence electrons. The van der Waals surface area contributed by atoms with E-state index in [0.717, 1.165) is 37.3 Å². The molecule has 1 saturated heterocycles. The summed E-state index contributed by atoms with van der Waals surface area (Å²) in [6.07, 6.45) is 8.65. The van der Waals surface area contributed by atoms with E-state index in [1.807, 2.05) is 4.40 Å². The number of rotatable bonds is 5. The first-order chi connectivity index (χ1) is 12.7. The predicted molar refractivity (Wildman–Crippen MR) is 104 cm³/mol. The number of hydrogen-bond donors (Lipinski definition) is 1. The number of aromatic nitrogens is 2. The first-order valence-electron chi connectivity index (χ1n) is 9.53. The van der Waals surface area contributed by atoms with Crippen LogP contribution in [0.15, 0.2) is 36.5 Å². The van der Waals surface area contributed by atoms with Crippen molar-refractivity contribution in [3.63, 3.8) is 0 Å². The molecule has 0 unspecified atom stereocenters. The van der Waals surface area contributed by atoms with Crippen molar-refractivity contribution in [3.05, 3.63) is 59.5 Å². The molecule has 0 bridgehead atoms. The van der Waals surface area contributed by atoms with E-state index < -0.39 is 0 Å². The summed E-state index contributed by atoms with van der Waals surface area (Å²) in [5, 5.41) is 9.49. The number of aryl methyl sites for hydroxylation is 2. The summed E-state index contributed by atoms with van der Waals surface area (Å²) in [6.45, 7) is 6.47. The molecule has 4 heteroatoms. The molecule has 3 aromatic rings. The molecule has 1 aromatic carbocycles. The molecule has 1 atom stereocenters. The molecule has 0 saturated carbocycles. The largest absolute Gasteiger partial charge is 0.395 e. The topological polar surface area (TPSA) is 40.8 Å². The molecule has 1 radical (unpaired) electrons. The second-order valence-corrected chi connectivity index (χ2v) is 7.28. The van der Waals surface area contributed by atoms with E-state index in [9.17, 15) is 5.11 Å². The summed E-state index contributed by atoms with van der Waals surface area (Å²) in [7, 11) is 0. The maximum atomic E-state index is 9.49. The summed E-state index contributed by atoms with van der Waals surface area (Å²) in [5.74, 6) is 0. The zero-order chi connectivity index (χ0) is 18.1. The van der Waals surface area contributed by atoms with Crippen molar-refractivity contribution in [2.24, 2.45) is 0 Å². The van der Waals surface area contributed by atoms with Gasteiger partial charge in [-0.05, 0) is 61.1 Å². The Labute approximate surface area is 155 Å². The number of imidazole rings is 1. The van der Waals surface area contributed by atoms with Crippen molar-refractivity contribution in [2.45, 2.75) is 45.7 Å². The van der Waals surface area contributed by atoms with E-state index in [2.05, 4.69) is 66.5 Å². The minimum Gasteiger partial charge on any atom is -0.395 e. The molecule has 26 heavy (non-hydrogen) atoms. The Morgan fingerprint density at radius 3 is 2.77 bits per heavy atom. The van der Waals surface area contributed by atoms with Crippen molar-refractivity contribution >= 4 is 5.65 Å². The van der Waals surface area contributed by atoms with Crippen LogP contribution in [-0.2, 0) is 13.0 Å². The number of aliphatic hydroxyl groups excluding tert-OH is 1. The smallest absolute Gasteiger partial charge is 0.140 e. The van der Waals surface area contributed by atoms with Crippen molar-refractivity contribution in [1.82, 2.24) is 14.3 Å². The van der Waals surface area contributed by atoms with Crippen LogP contribution in [0.3, 0.4) is 0 Å². The average Bonchev–Trinajstić information content (AvgIpc) is 3.28. The molecule has 2 aromatic heterocycles. The van der Waals surface area contributed by atoms with E-state index >= 15 is 0 Å². The van der Waals surface area contributed by atoms with Gasteiger partial charge in [-0.25, -0.2) is 4.98 Å². The zero-order valence-corrected chi connectivity index (χ0v) is 15.6. The standard InChI is InChI=1S/C22H26N3O/c1-3-20-14-25-13-19(11-16(2)22(25)23-20)18-8-6-17(7-9-18)12-24-10-4-5-21(24)15-26/h6-9,11,13,21,26H,3-5,10,12,15H2,1-2H3/t21-/m0/s1. The molecular weight excluding hydrogens is 322 g/mol. The second-order valence-electron chi connectivity index (χ2n) is 7.28. The van der Waals surface area contributed by atoms with E-state index in [0.29, 0.717) is 6.04 Å². The van der Waals surface area contributed by atoms with E-state index in [1.165, 1.54) is 28.7 Å². The second kappa shape index (κ2) is 7.22. The lowest BCUT2D eigenvalue weighted by Crippen LogP contribution is -2.31. The summed E-state index contributed by atoms with van der Waals surface area (Å²) in [4.78, 5) is 7.02. The van der Waals surface area contributed by atoms with E-state index in [1.54, 1.807) is 0 Å². The fraction of sp³-hybridized carbons (Fsp3) is 0.409. The van der Waals surface area contributed by atoms with Crippen molar-refractivity contribution < 1.29 is 5.11 Å². The molecule has 1 N–H and O–H groups in total. The van der Waals surface area contributed by atoms with Crippen LogP contribution in [0.1, 0.15) is 36.6 Å². The van der Waals surface area contributed by atoms with Crippen LogP contribution in [0.2, 0.25) is 0 Å². The highest BCUT2D eigenvalue weighted by atomic mass is 16.3. The SMILES string of the molecule is CCc1[c]n2cc(-c3ccc(CN4CCC[C@H]4CO)cc3)cc(C)c2n1. The first-order valence-corrected chi connectivity index (χ1v) is 9.53. The highest BCUT2D eigenvalue weighted by Crippen LogP contribution is 2.25. The monoisotopic (exact) mass is 348 g/mol. The molecule has 3 heterocycles. The van der Waals surface area contributed by atoms with Gasteiger partial charge in [0.1, 0.15) is 5.65 Å². The Morgan fingerprint density at radius 1 is 1.23 bits per heavy atom. The molecule has 0 amide bonds. The maximum absolute atomic E-state index is 9.49. The minimum atomic E-state index is 0.262. The number of pyridine rings is 1. The van der Waals surface area contributed by atoms with Crippen molar-refractivity contribution in [3.8, 4) is 11.1 Å². The molecule has 1 aliphatic rings. The number of hydrogen-bond acceptors (Lipinski definition) is 3. The van der Waals surface area contributed by atoms with Gasteiger partial charge in [0.15, 0.2) is 0 Å². The van der Waals surface area contributed by atoms with Gasteiger partial charge >= 0.3 is 0 Å². The van der Waals surface area contributed by atoms with E-state index in [-0.39, 0.29) is 6.61 Å². The van der Waals surface area contributed by atoms with Gasteiger partial charge in [-0.15, -0.1) is 0 Å². The van der Waals surface area contributed by atoms with Gasteiger partial charge in [0.25, 0.3) is 0 Å². The Balaban J connectivity index is 1.57. The lowest BCUT2D eigenvalue weighted by atomic mass is 10.0. The highest BCUT2D eigenvalue weighted by molar-refractivity contribution is 5.67. The third-order valence-corrected chi connectivity index (χ3v) is 5.43. The van der Waals surface area contributed by atoms with Crippen LogP contribution in [0.4, 0.5) is 0 Å². The number of nitrogens with zero attached hydrogens (tertiary/aromatic N) is 3. The van der Waals surface area contributed by atoms with Crippen LogP contribution < -0.4 is 0 Å².